The molecular weight excluding hydrogens is 260 g/mol. The second-order valence-electron chi connectivity index (χ2n) is 5.31. The number of nitrogens with one attached hydrogen (secondary N) is 1. The van der Waals surface area contributed by atoms with Gasteiger partial charge < -0.3 is 10.6 Å². The number of pyridine rings is 1. The van der Waals surface area contributed by atoms with Gasteiger partial charge in [0.25, 0.3) is 0 Å². The molecule has 1 heterocycles. The van der Waals surface area contributed by atoms with E-state index in [1.807, 2.05) is 33.0 Å². The van der Waals surface area contributed by atoms with Crippen LogP contribution < -0.4 is 10.6 Å². The number of aromatic nitrogens is 1. The van der Waals surface area contributed by atoms with Gasteiger partial charge in [0.2, 0.25) is 0 Å². The third-order valence-electron chi connectivity index (χ3n) is 3.57. The number of likely N-dealkylation sites (N-methyl/N-ethyl adjacent to an activating group) is 1. The predicted octanol–water partition coefficient (Wildman–Crippen LogP) is 2.66. The first-order valence-corrected chi connectivity index (χ1v) is 7.06. The lowest BCUT2D eigenvalue weighted by Crippen LogP contribution is -2.26. The first-order valence-electron chi connectivity index (χ1n) is 7.06. The minimum Gasteiger partial charge on any atom is -0.384 e. The van der Waals surface area contributed by atoms with E-state index in [-0.39, 0.29) is 5.84 Å². The van der Waals surface area contributed by atoms with Gasteiger partial charge >= 0.3 is 0 Å². The van der Waals surface area contributed by atoms with E-state index in [2.05, 4.69) is 34.1 Å². The maximum absolute atomic E-state index is 7.79. The van der Waals surface area contributed by atoms with Crippen LogP contribution in [0.3, 0.4) is 0 Å². The van der Waals surface area contributed by atoms with Crippen LogP contribution in [-0.4, -0.2) is 24.4 Å². The molecule has 1 aromatic heterocycles. The van der Waals surface area contributed by atoms with Crippen LogP contribution in [0.15, 0.2) is 36.4 Å². The van der Waals surface area contributed by atoms with E-state index in [1.54, 1.807) is 0 Å². The van der Waals surface area contributed by atoms with Crippen molar-refractivity contribution in [2.24, 2.45) is 5.73 Å². The molecule has 2 aromatic rings. The Morgan fingerprint density at radius 2 is 1.90 bits per heavy atom. The molecule has 0 aliphatic rings. The number of rotatable bonds is 5. The van der Waals surface area contributed by atoms with Crippen molar-refractivity contribution in [2.75, 3.05) is 18.5 Å². The van der Waals surface area contributed by atoms with E-state index < -0.39 is 0 Å². The van der Waals surface area contributed by atoms with E-state index in [1.165, 1.54) is 5.56 Å². The van der Waals surface area contributed by atoms with Crippen LogP contribution in [0.5, 0.6) is 0 Å². The predicted molar refractivity (Wildman–Crippen MR) is 88.1 cm³/mol. The molecule has 0 bridgehead atoms. The molecule has 0 saturated carbocycles. The Morgan fingerprint density at radius 1 is 1.24 bits per heavy atom. The fourth-order valence-corrected chi connectivity index (χ4v) is 2.50. The molecule has 21 heavy (non-hydrogen) atoms. The van der Waals surface area contributed by atoms with Crippen molar-refractivity contribution in [3.63, 3.8) is 0 Å². The highest BCUT2D eigenvalue weighted by molar-refractivity contribution is 6.01. The zero-order valence-corrected chi connectivity index (χ0v) is 12.9. The molecule has 4 nitrogen and oxygen atoms in total. The summed E-state index contributed by atoms with van der Waals surface area (Å²) in [6.07, 6.45) is 0.953. The Balaban J connectivity index is 2.22. The molecule has 0 unspecified atom stereocenters. The summed E-state index contributed by atoms with van der Waals surface area (Å²) in [5, 5.41) is 7.79. The molecule has 0 atom stereocenters. The molecule has 3 N–H and O–H groups in total. The number of anilines is 1. The molecule has 0 spiro atoms. The highest BCUT2D eigenvalue weighted by Crippen LogP contribution is 2.23. The van der Waals surface area contributed by atoms with Gasteiger partial charge in [-0.3, -0.25) is 10.4 Å². The van der Waals surface area contributed by atoms with Gasteiger partial charge in [-0.05, 0) is 31.9 Å². The van der Waals surface area contributed by atoms with Gasteiger partial charge in [0.1, 0.15) is 5.84 Å². The molecule has 2 rings (SSSR count). The number of benzene rings is 1. The van der Waals surface area contributed by atoms with Gasteiger partial charge in [-0.2, -0.15) is 0 Å². The number of hydrogen-bond donors (Lipinski definition) is 2. The molecule has 0 aliphatic carbocycles. The first kappa shape index (κ1) is 15.0. The standard InChI is InChI=1S/C17H22N4/c1-12-11-15(16(17(18)19)13(2)20-12)21(3)10-9-14-7-5-4-6-8-14/h4-8,11H,9-10H2,1-3H3,(H3,18,19). The monoisotopic (exact) mass is 282 g/mol. The van der Waals surface area contributed by atoms with E-state index in [4.69, 9.17) is 11.1 Å². The minimum atomic E-state index is 0.0709. The average Bonchev–Trinajstić information content (AvgIpc) is 2.44. The van der Waals surface area contributed by atoms with E-state index in [9.17, 15) is 0 Å². The zero-order valence-electron chi connectivity index (χ0n) is 12.9. The van der Waals surface area contributed by atoms with Crippen LogP contribution in [0, 0.1) is 19.3 Å². The summed E-state index contributed by atoms with van der Waals surface area (Å²) < 4.78 is 0. The topological polar surface area (TPSA) is 66.0 Å². The summed E-state index contributed by atoms with van der Waals surface area (Å²) in [5.41, 5.74) is 10.5. The quantitative estimate of drug-likeness (QED) is 0.654. The van der Waals surface area contributed by atoms with Crippen molar-refractivity contribution in [1.29, 1.82) is 5.41 Å². The summed E-state index contributed by atoms with van der Waals surface area (Å²) in [5.74, 6) is 0.0709. The molecule has 0 radical (unpaired) electrons. The lowest BCUT2D eigenvalue weighted by molar-refractivity contribution is 0.870. The first-order chi connectivity index (χ1) is 9.99. The zero-order chi connectivity index (χ0) is 15.4. The van der Waals surface area contributed by atoms with Crippen LogP contribution in [0.4, 0.5) is 5.69 Å². The molecular formula is C17H22N4. The van der Waals surface area contributed by atoms with E-state index in [0.29, 0.717) is 0 Å². The molecule has 0 fully saturated rings. The van der Waals surface area contributed by atoms with Crippen molar-refractivity contribution in [3.8, 4) is 0 Å². The van der Waals surface area contributed by atoms with Crippen molar-refractivity contribution in [2.45, 2.75) is 20.3 Å². The van der Waals surface area contributed by atoms with E-state index >= 15 is 0 Å². The summed E-state index contributed by atoms with van der Waals surface area (Å²) in [6, 6.07) is 12.4. The maximum Gasteiger partial charge on any atom is 0.126 e. The average molecular weight is 282 g/mol. The van der Waals surface area contributed by atoms with Crippen LogP contribution in [0.2, 0.25) is 0 Å². The normalized spacial score (nSPS) is 10.4. The molecule has 0 saturated heterocycles. The van der Waals surface area contributed by atoms with Crippen molar-refractivity contribution in [1.82, 2.24) is 4.98 Å². The number of nitrogen functional groups attached to an aromatic ring is 1. The number of aryl methyl sites for hydroxylation is 2. The summed E-state index contributed by atoms with van der Waals surface area (Å²) >= 11 is 0. The summed E-state index contributed by atoms with van der Waals surface area (Å²) in [4.78, 5) is 6.55. The van der Waals surface area contributed by atoms with Crippen molar-refractivity contribution in [3.05, 3.63) is 58.9 Å². The third kappa shape index (κ3) is 3.60. The Hall–Kier alpha value is -2.36. The number of nitrogens with zero attached hydrogens (tertiary/aromatic N) is 2. The second kappa shape index (κ2) is 6.39. The fraction of sp³-hybridized carbons (Fsp3) is 0.294. The van der Waals surface area contributed by atoms with Gasteiger partial charge in [-0.25, -0.2) is 0 Å². The molecule has 0 amide bonds. The van der Waals surface area contributed by atoms with Gasteiger partial charge in [0, 0.05) is 19.3 Å². The van der Waals surface area contributed by atoms with Gasteiger partial charge in [0.15, 0.2) is 0 Å². The maximum atomic E-state index is 7.79. The largest absolute Gasteiger partial charge is 0.384 e. The van der Waals surface area contributed by atoms with Gasteiger partial charge in [-0.1, -0.05) is 30.3 Å². The molecule has 4 heteroatoms. The third-order valence-corrected chi connectivity index (χ3v) is 3.57. The van der Waals surface area contributed by atoms with Crippen molar-refractivity contribution >= 4 is 11.5 Å². The van der Waals surface area contributed by atoms with Crippen LogP contribution in [-0.2, 0) is 6.42 Å². The van der Waals surface area contributed by atoms with Crippen LogP contribution in [0.1, 0.15) is 22.5 Å². The fourth-order valence-electron chi connectivity index (χ4n) is 2.50. The lowest BCUT2D eigenvalue weighted by atomic mass is 10.1. The molecule has 1 aromatic carbocycles. The Morgan fingerprint density at radius 3 is 2.52 bits per heavy atom. The number of nitrogens with two attached hydrogens (primary N) is 1. The highest BCUT2D eigenvalue weighted by atomic mass is 15.1. The van der Waals surface area contributed by atoms with E-state index in [0.717, 1.165) is 35.6 Å². The number of amidine groups is 1. The Bertz CT molecular complexity index is 635. The SMILES string of the molecule is Cc1cc(N(C)CCc2ccccc2)c(C(=N)N)c(C)n1. The van der Waals surface area contributed by atoms with Gasteiger partial charge in [-0.15, -0.1) is 0 Å². The minimum absolute atomic E-state index is 0.0709. The van der Waals surface area contributed by atoms with Crippen molar-refractivity contribution < 1.29 is 0 Å². The smallest absolute Gasteiger partial charge is 0.126 e. The van der Waals surface area contributed by atoms with Gasteiger partial charge in [0.05, 0.1) is 16.9 Å². The Kier molecular flexibility index (Phi) is 4.58. The second-order valence-corrected chi connectivity index (χ2v) is 5.31. The molecule has 0 aliphatic heterocycles. The number of hydrogen-bond acceptors (Lipinski definition) is 3. The lowest BCUT2D eigenvalue weighted by Gasteiger charge is -2.23. The highest BCUT2D eigenvalue weighted by Gasteiger charge is 2.14. The van der Waals surface area contributed by atoms with Crippen LogP contribution >= 0.6 is 0 Å². The van der Waals surface area contributed by atoms with Crippen LogP contribution in [0.25, 0.3) is 0 Å². The molecule has 110 valence electrons. The Labute approximate surface area is 126 Å². The summed E-state index contributed by atoms with van der Waals surface area (Å²) in [7, 11) is 2.03. The summed E-state index contributed by atoms with van der Waals surface area (Å²) in [6.45, 7) is 4.73.